The fraction of sp³-hybridized carbons (Fsp3) is 0.259. The van der Waals surface area contributed by atoms with Gasteiger partial charge in [0.1, 0.15) is 18.2 Å². The van der Waals surface area contributed by atoms with Crippen molar-refractivity contribution in [2.75, 3.05) is 13.2 Å². The van der Waals surface area contributed by atoms with Crippen molar-refractivity contribution in [3.8, 4) is 5.75 Å². The number of amides is 1. The van der Waals surface area contributed by atoms with E-state index in [9.17, 15) is 14.0 Å². The molecule has 3 aromatic rings. The molecule has 1 aliphatic rings. The van der Waals surface area contributed by atoms with Crippen molar-refractivity contribution < 1.29 is 28.6 Å². The van der Waals surface area contributed by atoms with Crippen LogP contribution in [0.15, 0.2) is 72.8 Å². The molecule has 1 amide bonds. The highest BCUT2D eigenvalue weighted by molar-refractivity contribution is 5.70. The van der Waals surface area contributed by atoms with E-state index in [4.69, 9.17) is 14.6 Å². The predicted octanol–water partition coefficient (Wildman–Crippen LogP) is 5.35. The van der Waals surface area contributed by atoms with Crippen LogP contribution in [0.3, 0.4) is 0 Å². The van der Waals surface area contributed by atoms with Gasteiger partial charge in [-0.05, 0) is 47.7 Å². The average Bonchev–Trinajstić information content (AvgIpc) is 2.85. The van der Waals surface area contributed by atoms with Gasteiger partial charge in [-0.2, -0.15) is 0 Å². The zero-order valence-corrected chi connectivity index (χ0v) is 18.7. The third-order valence-electron chi connectivity index (χ3n) is 5.78. The van der Waals surface area contributed by atoms with Crippen LogP contribution < -0.4 is 4.74 Å². The van der Waals surface area contributed by atoms with Crippen molar-refractivity contribution in [2.45, 2.75) is 31.9 Å². The molecular formula is C27H26FNO5. The van der Waals surface area contributed by atoms with Crippen molar-refractivity contribution in [2.24, 2.45) is 0 Å². The second-order valence-electron chi connectivity index (χ2n) is 8.11. The summed E-state index contributed by atoms with van der Waals surface area (Å²) in [6.07, 6.45) is 0.443. The maximum Gasteiger partial charge on any atom is 0.410 e. The minimum atomic E-state index is -0.906. The molecule has 7 heteroatoms. The molecule has 0 aliphatic carbocycles. The molecular weight excluding hydrogens is 437 g/mol. The molecule has 1 heterocycles. The molecule has 0 spiro atoms. The number of hydrogen-bond acceptors (Lipinski definition) is 4. The molecule has 34 heavy (non-hydrogen) atoms. The first-order chi connectivity index (χ1) is 16.5. The van der Waals surface area contributed by atoms with Gasteiger partial charge in [-0.1, -0.05) is 54.6 Å². The minimum absolute atomic E-state index is 0.0271. The van der Waals surface area contributed by atoms with Crippen molar-refractivity contribution >= 4 is 12.1 Å². The summed E-state index contributed by atoms with van der Waals surface area (Å²) < 4.78 is 25.9. The second kappa shape index (κ2) is 10.8. The third-order valence-corrected chi connectivity index (χ3v) is 5.78. The highest BCUT2D eigenvalue weighted by atomic mass is 19.1. The number of carbonyl (C=O) groups excluding carboxylic acids is 1. The molecule has 4 rings (SSSR count). The number of rotatable bonds is 8. The number of hydrogen-bond donors (Lipinski definition) is 1. The number of carbonyl (C=O) groups is 2. The summed E-state index contributed by atoms with van der Waals surface area (Å²) in [5.41, 5.74) is 3.32. The van der Waals surface area contributed by atoms with E-state index in [1.165, 1.54) is 18.2 Å². The maximum absolute atomic E-state index is 14.4. The summed E-state index contributed by atoms with van der Waals surface area (Å²) >= 11 is 0. The van der Waals surface area contributed by atoms with Gasteiger partial charge in [-0.3, -0.25) is 9.69 Å². The van der Waals surface area contributed by atoms with E-state index in [1.807, 2.05) is 54.6 Å². The number of nitrogens with zero attached hydrogens (tertiary/aromatic N) is 1. The predicted molar refractivity (Wildman–Crippen MR) is 124 cm³/mol. The number of carboxylic acids is 1. The topological polar surface area (TPSA) is 76.1 Å². The second-order valence-corrected chi connectivity index (χ2v) is 8.11. The molecule has 1 unspecified atom stereocenters. The molecule has 0 aromatic heterocycles. The van der Waals surface area contributed by atoms with Gasteiger partial charge in [0.15, 0.2) is 0 Å². The van der Waals surface area contributed by atoms with Crippen LogP contribution >= 0.6 is 0 Å². The summed E-state index contributed by atoms with van der Waals surface area (Å²) in [5.74, 6) is -0.945. The number of carboxylic acid groups (broad SMARTS) is 1. The van der Waals surface area contributed by atoms with E-state index in [1.54, 1.807) is 4.90 Å². The SMILES string of the molecule is O=C(O)CCCOc1ccc(F)cc1C1c2ccccc2CCN1C(=O)OCc1ccccc1. The van der Waals surface area contributed by atoms with E-state index in [0.29, 0.717) is 30.7 Å². The third kappa shape index (κ3) is 5.54. The maximum atomic E-state index is 14.4. The summed E-state index contributed by atoms with van der Waals surface area (Å²) in [7, 11) is 0. The molecule has 6 nitrogen and oxygen atoms in total. The van der Waals surface area contributed by atoms with Crippen molar-refractivity contribution in [1.82, 2.24) is 4.90 Å². The first kappa shape index (κ1) is 23.3. The van der Waals surface area contributed by atoms with Crippen LogP contribution in [0.2, 0.25) is 0 Å². The van der Waals surface area contributed by atoms with E-state index in [0.717, 1.165) is 16.7 Å². The molecule has 1 atom stereocenters. The highest BCUT2D eigenvalue weighted by Crippen LogP contribution is 2.40. The molecule has 176 valence electrons. The van der Waals surface area contributed by atoms with Crippen molar-refractivity contribution in [3.05, 3.63) is 101 Å². The molecule has 0 fully saturated rings. The standard InChI is InChI=1S/C27H26FNO5/c28-21-12-13-24(33-16-6-11-25(30)31)23(17-21)26-22-10-5-4-9-20(22)14-15-29(26)27(32)34-18-19-7-2-1-3-8-19/h1-5,7-10,12-13,17,26H,6,11,14-16,18H2,(H,30,31). The van der Waals surface area contributed by atoms with E-state index >= 15 is 0 Å². The number of aliphatic carboxylic acids is 1. The number of benzene rings is 3. The Morgan fingerprint density at radius 1 is 1.00 bits per heavy atom. The van der Waals surface area contributed by atoms with Crippen LogP contribution in [0.5, 0.6) is 5.75 Å². The smallest absolute Gasteiger partial charge is 0.410 e. The van der Waals surface area contributed by atoms with Gasteiger partial charge in [0.05, 0.1) is 12.6 Å². The first-order valence-corrected chi connectivity index (χ1v) is 11.2. The lowest BCUT2D eigenvalue weighted by molar-refractivity contribution is -0.137. The number of halogens is 1. The fourth-order valence-electron chi connectivity index (χ4n) is 4.17. The van der Waals surface area contributed by atoms with Gasteiger partial charge < -0.3 is 14.6 Å². The van der Waals surface area contributed by atoms with Crippen molar-refractivity contribution in [1.29, 1.82) is 0 Å². The Hall–Kier alpha value is -3.87. The van der Waals surface area contributed by atoms with Gasteiger partial charge in [-0.15, -0.1) is 0 Å². The Morgan fingerprint density at radius 3 is 2.56 bits per heavy atom. The quantitative estimate of drug-likeness (QED) is 0.456. The van der Waals surface area contributed by atoms with Crippen LogP contribution in [-0.4, -0.2) is 35.2 Å². The Bertz CT molecular complexity index is 1150. The van der Waals surface area contributed by atoms with Gasteiger partial charge >= 0.3 is 12.1 Å². The van der Waals surface area contributed by atoms with Crippen LogP contribution in [0, 0.1) is 5.82 Å². The monoisotopic (exact) mass is 463 g/mol. The largest absolute Gasteiger partial charge is 0.493 e. The van der Waals surface area contributed by atoms with Gasteiger partial charge in [0.2, 0.25) is 0 Å². The molecule has 1 aliphatic heterocycles. The summed E-state index contributed by atoms with van der Waals surface area (Å²) in [6, 6.07) is 20.8. The minimum Gasteiger partial charge on any atom is -0.493 e. The zero-order valence-electron chi connectivity index (χ0n) is 18.7. The summed E-state index contributed by atoms with van der Waals surface area (Å²) in [5, 5.41) is 8.88. The van der Waals surface area contributed by atoms with Crippen molar-refractivity contribution in [3.63, 3.8) is 0 Å². The highest BCUT2D eigenvalue weighted by Gasteiger charge is 2.35. The van der Waals surface area contributed by atoms with Gasteiger partial charge in [0.25, 0.3) is 0 Å². The Morgan fingerprint density at radius 2 is 1.76 bits per heavy atom. The first-order valence-electron chi connectivity index (χ1n) is 11.2. The van der Waals surface area contributed by atoms with Crippen LogP contribution in [0.1, 0.15) is 41.1 Å². The van der Waals surface area contributed by atoms with E-state index in [2.05, 4.69) is 0 Å². The summed E-state index contributed by atoms with van der Waals surface area (Å²) in [6.45, 7) is 0.703. The summed E-state index contributed by atoms with van der Waals surface area (Å²) in [4.78, 5) is 25.6. The number of ether oxygens (including phenoxy) is 2. The Balaban J connectivity index is 1.63. The van der Waals surface area contributed by atoms with Crippen LogP contribution in [-0.2, 0) is 22.6 Å². The lowest BCUT2D eigenvalue weighted by Gasteiger charge is -2.37. The van der Waals surface area contributed by atoms with E-state index < -0.39 is 23.9 Å². The number of fused-ring (bicyclic) bond motifs is 1. The molecule has 0 saturated carbocycles. The molecule has 1 N–H and O–H groups in total. The lowest BCUT2D eigenvalue weighted by atomic mass is 9.88. The molecule has 0 bridgehead atoms. The molecule has 3 aromatic carbocycles. The lowest BCUT2D eigenvalue weighted by Crippen LogP contribution is -2.41. The molecule has 0 saturated heterocycles. The fourth-order valence-corrected chi connectivity index (χ4v) is 4.17. The molecule has 0 radical (unpaired) electrons. The average molecular weight is 464 g/mol. The normalized spacial score (nSPS) is 14.9. The van der Waals surface area contributed by atoms with Gasteiger partial charge in [0, 0.05) is 18.5 Å². The zero-order chi connectivity index (χ0) is 23.9. The van der Waals surface area contributed by atoms with E-state index in [-0.39, 0.29) is 19.6 Å². The van der Waals surface area contributed by atoms with Gasteiger partial charge in [-0.25, -0.2) is 9.18 Å². The Kier molecular flexibility index (Phi) is 7.42. The van der Waals surface area contributed by atoms with Crippen LogP contribution in [0.25, 0.3) is 0 Å². The Labute approximate surface area is 197 Å². The van der Waals surface area contributed by atoms with Crippen LogP contribution in [0.4, 0.5) is 9.18 Å².